The number of hydrogen-bond donors (Lipinski definition) is 2. The highest BCUT2D eigenvalue weighted by molar-refractivity contribution is 5.99. The Hall–Kier alpha value is -1.19. The Bertz CT molecular complexity index is 331. The summed E-state index contributed by atoms with van der Waals surface area (Å²) in [6, 6.07) is 8.87. The second-order valence-corrected chi connectivity index (χ2v) is 3.88. The van der Waals surface area contributed by atoms with Crippen LogP contribution < -0.4 is 5.32 Å². The summed E-state index contributed by atoms with van der Waals surface area (Å²) in [5.74, 6) is -0.185. The Labute approximate surface area is 89.1 Å². The van der Waals surface area contributed by atoms with Gasteiger partial charge in [-0.2, -0.15) is 0 Å². The van der Waals surface area contributed by atoms with Crippen molar-refractivity contribution in [3.05, 3.63) is 35.9 Å². The molecule has 0 radical (unpaired) electrons. The number of Topliss-reactive ketones (excluding diaryl/α,β-unsaturated/α-hetero) is 1. The van der Waals surface area contributed by atoms with Crippen molar-refractivity contribution < 1.29 is 9.90 Å². The van der Waals surface area contributed by atoms with E-state index in [0.717, 1.165) is 19.4 Å². The van der Waals surface area contributed by atoms with Crippen LogP contribution in [0.3, 0.4) is 0 Å². The summed E-state index contributed by atoms with van der Waals surface area (Å²) in [5, 5.41) is 13.0. The van der Waals surface area contributed by atoms with Gasteiger partial charge < -0.3 is 10.4 Å². The first-order valence-electron chi connectivity index (χ1n) is 5.30. The molecule has 1 aromatic carbocycles. The van der Waals surface area contributed by atoms with E-state index in [1.165, 1.54) is 0 Å². The number of benzene rings is 1. The largest absolute Gasteiger partial charge is 0.383 e. The SMILES string of the molecule is O=C(c1ccccc1)C(O)[C@@H]1CCCN1. The molecule has 1 aliphatic rings. The highest BCUT2D eigenvalue weighted by Crippen LogP contribution is 2.13. The molecule has 1 unspecified atom stereocenters. The van der Waals surface area contributed by atoms with Crippen LogP contribution in [0.25, 0.3) is 0 Å². The molecule has 1 heterocycles. The van der Waals surface area contributed by atoms with E-state index < -0.39 is 6.10 Å². The van der Waals surface area contributed by atoms with Gasteiger partial charge in [0.25, 0.3) is 0 Å². The van der Waals surface area contributed by atoms with Crippen molar-refractivity contribution in [3.8, 4) is 0 Å². The van der Waals surface area contributed by atoms with Gasteiger partial charge >= 0.3 is 0 Å². The number of ketones is 1. The van der Waals surface area contributed by atoms with Crippen LogP contribution in [0.5, 0.6) is 0 Å². The lowest BCUT2D eigenvalue weighted by Gasteiger charge is -2.16. The average molecular weight is 205 g/mol. The highest BCUT2D eigenvalue weighted by atomic mass is 16.3. The molecule has 3 nitrogen and oxygen atoms in total. The smallest absolute Gasteiger partial charge is 0.192 e. The molecule has 1 saturated heterocycles. The highest BCUT2D eigenvalue weighted by Gasteiger charge is 2.28. The van der Waals surface area contributed by atoms with Crippen LogP contribution in [0.1, 0.15) is 23.2 Å². The molecule has 0 aliphatic carbocycles. The first-order chi connectivity index (χ1) is 7.29. The van der Waals surface area contributed by atoms with E-state index in [1.807, 2.05) is 18.2 Å². The number of carbonyl (C=O) groups excluding carboxylic acids is 1. The molecule has 1 aromatic rings. The summed E-state index contributed by atoms with van der Waals surface area (Å²) in [6.07, 6.45) is 0.999. The number of aliphatic hydroxyl groups is 1. The minimum absolute atomic E-state index is 0.0716. The minimum Gasteiger partial charge on any atom is -0.383 e. The summed E-state index contributed by atoms with van der Waals surface area (Å²) in [5.41, 5.74) is 0.582. The monoisotopic (exact) mass is 205 g/mol. The molecule has 2 rings (SSSR count). The van der Waals surface area contributed by atoms with Gasteiger partial charge in [0.15, 0.2) is 5.78 Å². The molecule has 3 heteroatoms. The predicted molar refractivity (Wildman–Crippen MR) is 57.8 cm³/mol. The zero-order chi connectivity index (χ0) is 10.7. The standard InChI is InChI=1S/C12H15NO2/c14-11(9-5-2-1-3-6-9)12(15)10-7-4-8-13-10/h1-3,5-6,10,12-13,15H,4,7-8H2/t10-,12?/m0/s1. The Morgan fingerprint density at radius 3 is 2.73 bits per heavy atom. The zero-order valence-corrected chi connectivity index (χ0v) is 8.52. The molecule has 0 aromatic heterocycles. The molecule has 2 atom stereocenters. The van der Waals surface area contributed by atoms with Crippen LogP contribution in [0.15, 0.2) is 30.3 Å². The molecular weight excluding hydrogens is 190 g/mol. The summed E-state index contributed by atoms with van der Waals surface area (Å²) in [7, 11) is 0. The Morgan fingerprint density at radius 2 is 2.13 bits per heavy atom. The van der Waals surface area contributed by atoms with Gasteiger partial charge in [0.2, 0.25) is 0 Å². The van der Waals surface area contributed by atoms with Gasteiger partial charge in [-0.1, -0.05) is 30.3 Å². The number of rotatable bonds is 3. The van der Waals surface area contributed by atoms with Crippen molar-refractivity contribution >= 4 is 5.78 Å². The lowest BCUT2D eigenvalue weighted by molar-refractivity contribution is 0.0676. The van der Waals surface area contributed by atoms with E-state index in [1.54, 1.807) is 12.1 Å². The topological polar surface area (TPSA) is 49.3 Å². The van der Waals surface area contributed by atoms with Gasteiger partial charge in [-0.3, -0.25) is 4.79 Å². The Morgan fingerprint density at radius 1 is 1.40 bits per heavy atom. The molecule has 1 fully saturated rings. The van der Waals surface area contributed by atoms with Gasteiger partial charge in [0.05, 0.1) is 0 Å². The number of aliphatic hydroxyl groups excluding tert-OH is 1. The molecule has 0 spiro atoms. The van der Waals surface area contributed by atoms with Gasteiger partial charge in [-0.15, -0.1) is 0 Å². The van der Waals surface area contributed by atoms with E-state index in [2.05, 4.69) is 5.32 Å². The summed E-state index contributed by atoms with van der Waals surface area (Å²) < 4.78 is 0. The van der Waals surface area contributed by atoms with Crippen molar-refractivity contribution in [2.45, 2.75) is 25.0 Å². The average Bonchev–Trinajstić information content (AvgIpc) is 2.82. The first kappa shape index (κ1) is 10.3. The lowest BCUT2D eigenvalue weighted by atomic mass is 10.00. The minimum atomic E-state index is -0.908. The molecule has 2 N–H and O–H groups in total. The molecule has 0 amide bonds. The fraction of sp³-hybridized carbons (Fsp3) is 0.417. The van der Waals surface area contributed by atoms with E-state index in [9.17, 15) is 9.90 Å². The molecule has 0 bridgehead atoms. The molecule has 1 aliphatic heterocycles. The third kappa shape index (κ3) is 2.25. The van der Waals surface area contributed by atoms with E-state index in [0.29, 0.717) is 5.56 Å². The maximum Gasteiger partial charge on any atom is 0.192 e. The number of hydrogen-bond acceptors (Lipinski definition) is 3. The molecule has 80 valence electrons. The van der Waals surface area contributed by atoms with Crippen molar-refractivity contribution in [2.75, 3.05) is 6.54 Å². The van der Waals surface area contributed by atoms with Crippen LogP contribution >= 0.6 is 0 Å². The Kier molecular flexibility index (Phi) is 3.14. The summed E-state index contributed by atoms with van der Waals surface area (Å²) >= 11 is 0. The third-order valence-corrected chi connectivity index (χ3v) is 2.81. The second kappa shape index (κ2) is 4.55. The Balaban J connectivity index is 2.07. The molecule has 0 saturated carbocycles. The molecular formula is C12H15NO2. The van der Waals surface area contributed by atoms with Crippen LogP contribution in [0.2, 0.25) is 0 Å². The third-order valence-electron chi connectivity index (χ3n) is 2.81. The lowest BCUT2D eigenvalue weighted by Crippen LogP contribution is -2.40. The van der Waals surface area contributed by atoms with Crippen LogP contribution in [-0.4, -0.2) is 29.6 Å². The summed E-state index contributed by atoms with van der Waals surface area (Å²) in [6.45, 7) is 0.893. The number of carbonyl (C=O) groups is 1. The van der Waals surface area contributed by atoms with Gasteiger partial charge in [-0.05, 0) is 19.4 Å². The fourth-order valence-electron chi connectivity index (χ4n) is 1.94. The fourth-order valence-corrected chi connectivity index (χ4v) is 1.94. The number of nitrogens with one attached hydrogen (secondary N) is 1. The van der Waals surface area contributed by atoms with Crippen molar-refractivity contribution in [1.82, 2.24) is 5.32 Å². The predicted octanol–water partition coefficient (Wildman–Crippen LogP) is 0.982. The molecule has 15 heavy (non-hydrogen) atoms. The van der Waals surface area contributed by atoms with E-state index >= 15 is 0 Å². The van der Waals surface area contributed by atoms with E-state index in [4.69, 9.17) is 0 Å². The second-order valence-electron chi connectivity index (χ2n) is 3.88. The quantitative estimate of drug-likeness (QED) is 0.723. The zero-order valence-electron chi connectivity index (χ0n) is 8.52. The summed E-state index contributed by atoms with van der Waals surface area (Å²) in [4.78, 5) is 11.8. The van der Waals surface area contributed by atoms with Crippen LogP contribution in [0.4, 0.5) is 0 Å². The van der Waals surface area contributed by atoms with Gasteiger partial charge in [-0.25, -0.2) is 0 Å². The van der Waals surface area contributed by atoms with E-state index in [-0.39, 0.29) is 11.8 Å². The van der Waals surface area contributed by atoms with Crippen molar-refractivity contribution in [2.24, 2.45) is 0 Å². The van der Waals surface area contributed by atoms with Crippen LogP contribution in [0, 0.1) is 0 Å². The van der Waals surface area contributed by atoms with Gasteiger partial charge in [0, 0.05) is 11.6 Å². The maximum atomic E-state index is 11.8. The maximum absolute atomic E-state index is 11.8. The van der Waals surface area contributed by atoms with Crippen LogP contribution in [-0.2, 0) is 0 Å². The van der Waals surface area contributed by atoms with Crippen molar-refractivity contribution in [3.63, 3.8) is 0 Å². The first-order valence-corrected chi connectivity index (χ1v) is 5.30. The normalized spacial score (nSPS) is 22.6. The van der Waals surface area contributed by atoms with Crippen molar-refractivity contribution in [1.29, 1.82) is 0 Å². The van der Waals surface area contributed by atoms with Gasteiger partial charge in [0.1, 0.15) is 6.10 Å².